The minimum absolute atomic E-state index is 0.912. The first-order valence-corrected chi connectivity index (χ1v) is 7.16. The van der Waals surface area contributed by atoms with E-state index in [2.05, 4.69) is 35.3 Å². The summed E-state index contributed by atoms with van der Waals surface area (Å²) in [5, 5.41) is 7.70. The van der Waals surface area contributed by atoms with Gasteiger partial charge in [0.05, 0.1) is 6.20 Å². The molecule has 0 spiro atoms. The molecule has 0 aliphatic heterocycles. The number of anilines is 1. The third kappa shape index (κ3) is 2.91. The number of nitrogens with one attached hydrogen (secondary N) is 1. The van der Waals surface area contributed by atoms with Crippen molar-refractivity contribution in [3.05, 3.63) is 24.0 Å². The van der Waals surface area contributed by atoms with Crippen molar-refractivity contribution in [3.63, 3.8) is 0 Å². The normalized spacial score (nSPS) is 10.9. The molecule has 0 fully saturated rings. The number of nitrogens with zero attached hydrogens (tertiary/aromatic N) is 3. The van der Waals surface area contributed by atoms with Gasteiger partial charge in [0, 0.05) is 30.1 Å². The van der Waals surface area contributed by atoms with Crippen LogP contribution in [0.1, 0.15) is 19.5 Å². The van der Waals surface area contributed by atoms with Crippen LogP contribution in [0.2, 0.25) is 0 Å². The van der Waals surface area contributed by atoms with Gasteiger partial charge in [-0.05, 0) is 12.2 Å². The number of hydrogen-bond acceptors (Lipinski definition) is 4. The molecule has 0 saturated heterocycles. The lowest BCUT2D eigenvalue weighted by molar-refractivity contribution is 0.908. The fourth-order valence-corrected chi connectivity index (χ4v) is 2.20. The molecule has 0 amide bonds. The van der Waals surface area contributed by atoms with E-state index in [1.807, 2.05) is 22.3 Å². The molecule has 5 heteroatoms. The monoisotopic (exact) mass is 250 g/mol. The summed E-state index contributed by atoms with van der Waals surface area (Å²) in [7, 11) is 0. The molecular formula is C12H18N4S. The molecular weight excluding hydrogens is 232 g/mol. The highest BCUT2D eigenvalue weighted by molar-refractivity contribution is 7.99. The van der Waals surface area contributed by atoms with E-state index in [-0.39, 0.29) is 0 Å². The molecule has 2 aromatic heterocycles. The molecule has 0 aliphatic carbocycles. The van der Waals surface area contributed by atoms with Gasteiger partial charge in [-0.15, -0.1) is 0 Å². The van der Waals surface area contributed by atoms with E-state index in [9.17, 15) is 0 Å². The summed E-state index contributed by atoms with van der Waals surface area (Å²) in [6.07, 6.45) is 2.73. The Labute approximate surface area is 106 Å². The van der Waals surface area contributed by atoms with E-state index in [0.717, 1.165) is 41.6 Å². The molecule has 17 heavy (non-hydrogen) atoms. The Morgan fingerprint density at radius 2 is 2.29 bits per heavy atom. The fraction of sp³-hybridized carbons (Fsp3) is 0.500. The van der Waals surface area contributed by atoms with Crippen molar-refractivity contribution >= 4 is 23.2 Å². The van der Waals surface area contributed by atoms with Crippen LogP contribution in [0.15, 0.2) is 18.3 Å². The third-order valence-electron chi connectivity index (χ3n) is 2.53. The number of thioether (sulfide) groups is 1. The molecule has 0 aliphatic rings. The Balaban J connectivity index is 2.16. The molecule has 0 bridgehead atoms. The van der Waals surface area contributed by atoms with Gasteiger partial charge in [-0.2, -0.15) is 21.4 Å². The molecule has 0 saturated carbocycles. The lowest BCUT2D eigenvalue weighted by Gasteiger charge is -2.09. The maximum Gasteiger partial charge on any atom is 0.157 e. The molecule has 0 unspecified atom stereocenters. The summed E-state index contributed by atoms with van der Waals surface area (Å²) in [5.41, 5.74) is 2.01. The van der Waals surface area contributed by atoms with E-state index in [1.165, 1.54) is 0 Å². The topological polar surface area (TPSA) is 42.2 Å². The van der Waals surface area contributed by atoms with E-state index in [0.29, 0.717) is 0 Å². The van der Waals surface area contributed by atoms with Crippen LogP contribution in [0, 0.1) is 0 Å². The summed E-state index contributed by atoms with van der Waals surface area (Å²) in [4.78, 5) is 4.51. The van der Waals surface area contributed by atoms with Crippen LogP contribution < -0.4 is 5.32 Å². The number of aromatic nitrogens is 3. The van der Waals surface area contributed by atoms with Gasteiger partial charge in [0.2, 0.25) is 0 Å². The first kappa shape index (κ1) is 12.2. The molecule has 2 aromatic rings. The van der Waals surface area contributed by atoms with Crippen molar-refractivity contribution in [1.29, 1.82) is 0 Å². The lowest BCUT2D eigenvalue weighted by atomic mass is 10.3. The smallest absolute Gasteiger partial charge is 0.157 e. The van der Waals surface area contributed by atoms with E-state index < -0.39 is 0 Å². The van der Waals surface area contributed by atoms with Crippen molar-refractivity contribution in [3.8, 4) is 0 Å². The number of aryl methyl sites for hydroxylation is 1. The fourth-order valence-electron chi connectivity index (χ4n) is 1.67. The molecule has 2 heterocycles. The van der Waals surface area contributed by atoms with Crippen molar-refractivity contribution in [1.82, 2.24) is 14.6 Å². The van der Waals surface area contributed by atoms with E-state index in [1.54, 1.807) is 6.20 Å². The zero-order valence-corrected chi connectivity index (χ0v) is 11.1. The van der Waals surface area contributed by atoms with Crippen molar-refractivity contribution in [2.24, 2.45) is 0 Å². The van der Waals surface area contributed by atoms with E-state index in [4.69, 9.17) is 0 Å². The molecule has 0 atom stereocenters. The van der Waals surface area contributed by atoms with Crippen LogP contribution in [0.3, 0.4) is 0 Å². The number of rotatable bonds is 6. The Morgan fingerprint density at radius 1 is 1.41 bits per heavy atom. The van der Waals surface area contributed by atoms with Gasteiger partial charge in [-0.25, -0.2) is 4.98 Å². The largest absolute Gasteiger partial charge is 0.369 e. The van der Waals surface area contributed by atoms with Gasteiger partial charge in [-0.3, -0.25) is 0 Å². The Hall–Kier alpha value is -1.23. The molecule has 92 valence electrons. The SMILES string of the molecule is CCSCCNc1cc(CC)nc2ccnn12. The lowest BCUT2D eigenvalue weighted by Crippen LogP contribution is -2.10. The summed E-state index contributed by atoms with van der Waals surface area (Å²) in [6.45, 7) is 5.25. The van der Waals surface area contributed by atoms with Crippen LogP contribution in [0.25, 0.3) is 5.65 Å². The van der Waals surface area contributed by atoms with Crippen LogP contribution in [0.5, 0.6) is 0 Å². The summed E-state index contributed by atoms with van der Waals surface area (Å²) >= 11 is 1.94. The van der Waals surface area contributed by atoms with E-state index >= 15 is 0 Å². The van der Waals surface area contributed by atoms with Gasteiger partial charge in [0.1, 0.15) is 5.82 Å². The Morgan fingerprint density at radius 3 is 3.06 bits per heavy atom. The average Bonchev–Trinajstić information content (AvgIpc) is 2.82. The highest BCUT2D eigenvalue weighted by Crippen LogP contribution is 2.12. The Kier molecular flexibility index (Phi) is 4.25. The minimum Gasteiger partial charge on any atom is -0.369 e. The van der Waals surface area contributed by atoms with Crippen LogP contribution in [0.4, 0.5) is 5.82 Å². The van der Waals surface area contributed by atoms with Gasteiger partial charge >= 0.3 is 0 Å². The first-order chi connectivity index (χ1) is 8.35. The average molecular weight is 250 g/mol. The van der Waals surface area contributed by atoms with Crippen molar-refractivity contribution < 1.29 is 0 Å². The zero-order valence-electron chi connectivity index (χ0n) is 10.3. The van der Waals surface area contributed by atoms with Crippen LogP contribution in [-0.4, -0.2) is 32.6 Å². The Bertz CT molecular complexity index is 480. The maximum atomic E-state index is 4.51. The third-order valence-corrected chi connectivity index (χ3v) is 3.43. The molecule has 4 nitrogen and oxygen atoms in total. The zero-order chi connectivity index (χ0) is 12.1. The summed E-state index contributed by atoms with van der Waals surface area (Å²) in [6, 6.07) is 4.02. The van der Waals surface area contributed by atoms with Crippen molar-refractivity contribution in [2.75, 3.05) is 23.4 Å². The summed E-state index contributed by atoms with van der Waals surface area (Å²) < 4.78 is 1.86. The maximum absolute atomic E-state index is 4.51. The van der Waals surface area contributed by atoms with Crippen LogP contribution >= 0.6 is 11.8 Å². The quantitative estimate of drug-likeness (QED) is 0.800. The van der Waals surface area contributed by atoms with Gasteiger partial charge in [0.15, 0.2) is 5.65 Å². The summed E-state index contributed by atoms with van der Waals surface area (Å²) in [5.74, 6) is 3.31. The number of fused-ring (bicyclic) bond motifs is 1. The molecule has 0 aromatic carbocycles. The second kappa shape index (κ2) is 5.91. The van der Waals surface area contributed by atoms with Gasteiger partial charge in [-0.1, -0.05) is 13.8 Å². The van der Waals surface area contributed by atoms with Crippen LogP contribution in [-0.2, 0) is 6.42 Å². The first-order valence-electron chi connectivity index (χ1n) is 6.00. The standard InChI is InChI=1S/C12H18N4S/c1-3-10-9-12(13-7-8-17-4-2)16-11(15-10)5-6-14-16/h5-6,9,13H,3-4,7-8H2,1-2H3. The second-order valence-corrected chi connectivity index (χ2v) is 5.11. The predicted molar refractivity (Wildman–Crippen MR) is 73.9 cm³/mol. The highest BCUT2D eigenvalue weighted by Gasteiger charge is 2.04. The molecule has 2 rings (SSSR count). The molecule has 1 N–H and O–H groups in total. The van der Waals surface area contributed by atoms with Gasteiger partial charge < -0.3 is 5.32 Å². The minimum atomic E-state index is 0.912. The molecule has 0 radical (unpaired) electrons. The second-order valence-electron chi connectivity index (χ2n) is 3.71. The highest BCUT2D eigenvalue weighted by atomic mass is 32.2. The van der Waals surface area contributed by atoms with Crippen molar-refractivity contribution in [2.45, 2.75) is 20.3 Å². The number of hydrogen-bond donors (Lipinski definition) is 1. The predicted octanol–water partition coefficient (Wildman–Crippen LogP) is 2.46. The van der Waals surface area contributed by atoms with Gasteiger partial charge in [0.25, 0.3) is 0 Å².